The molecule has 0 aromatic heterocycles. The number of nitrogens with zero attached hydrogens (tertiary/aromatic N) is 1. The second-order valence-corrected chi connectivity index (χ2v) is 3.04. The van der Waals surface area contributed by atoms with Crippen LogP contribution in [0.25, 0.3) is 0 Å². The monoisotopic (exact) mass is 171 g/mol. The van der Waals surface area contributed by atoms with Gasteiger partial charge in [-0.05, 0) is 7.05 Å². The fourth-order valence-corrected chi connectivity index (χ4v) is 1.23. The first-order chi connectivity index (χ1) is 5.63. The van der Waals surface area contributed by atoms with Crippen LogP contribution in [0.3, 0.4) is 0 Å². The van der Waals surface area contributed by atoms with Crippen molar-refractivity contribution in [1.82, 2.24) is 10.2 Å². The van der Waals surface area contributed by atoms with E-state index in [9.17, 15) is 9.59 Å². The second kappa shape index (κ2) is 3.64. The van der Waals surface area contributed by atoms with Crippen LogP contribution in [0.2, 0.25) is 0 Å². The van der Waals surface area contributed by atoms with Crippen molar-refractivity contribution in [3.63, 3.8) is 0 Å². The fraction of sp³-hybridized carbons (Fsp3) is 0.714. The van der Waals surface area contributed by atoms with E-state index in [1.165, 1.54) is 0 Å². The number of rotatable bonds is 1. The third-order valence-corrected chi connectivity index (χ3v) is 1.86. The molecule has 1 aliphatic rings. The van der Waals surface area contributed by atoms with Crippen LogP contribution in [0.4, 0.5) is 0 Å². The highest BCUT2D eigenvalue weighted by atomic mass is 16.2. The molecular formula is C7H13N3O2. The van der Waals surface area contributed by atoms with E-state index < -0.39 is 0 Å². The van der Waals surface area contributed by atoms with Gasteiger partial charge < -0.3 is 5.73 Å². The van der Waals surface area contributed by atoms with Crippen LogP contribution in [-0.4, -0.2) is 43.4 Å². The second-order valence-electron chi connectivity index (χ2n) is 3.04. The SMILES string of the molecule is CN1CC(=O)NC(=O)C(CN)C1. The fourth-order valence-electron chi connectivity index (χ4n) is 1.23. The van der Waals surface area contributed by atoms with Gasteiger partial charge in [0, 0.05) is 13.1 Å². The molecule has 1 aliphatic heterocycles. The molecule has 0 aromatic carbocycles. The van der Waals surface area contributed by atoms with Gasteiger partial charge in [0.1, 0.15) is 0 Å². The Morgan fingerprint density at radius 1 is 1.67 bits per heavy atom. The Hall–Kier alpha value is -0.940. The number of carbonyl (C=O) groups excluding carboxylic acids is 2. The van der Waals surface area contributed by atoms with Crippen LogP contribution >= 0.6 is 0 Å². The summed E-state index contributed by atoms with van der Waals surface area (Å²) in [5, 5.41) is 2.27. The van der Waals surface area contributed by atoms with Gasteiger partial charge in [-0.2, -0.15) is 0 Å². The number of hydrogen-bond acceptors (Lipinski definition) is 4. The maximum atomic E-state index is 11.2. The normalized spacial score (nSPS) is 26.7. The summed E-state index contributed by atoms with van der Waals surface area (Å²) >= 11 is 0. The first-order valence-corrected chi connectivity index (χ1v) is 3.85. The van der Waals surface area contributed by atoms with Crippen LogP contribution < -0.4 is 11.1 Å². The van der Waals surface area contributed by atoms with E-state index in [-0.39, 0.29) is 30.8 Å². The van der Waals surface area contributed by atoms with Crippen molar-refractivity contribution in [2.24, 2.45) is 11.7 Å². The summed E-state index contributed by atoms with van der Waals surface area (Å²) in [4.78, 5) is 23.9. The molecule has 0 spiro atoms. The molecule has 0 radical (unpaired) electrons. The molecule has 12 heavy (non-hydrogen) atoms. The summed E-state index contributed by atoms with van der Waals surface area (Å²) in [7, 11) is 1.79. The van der Waals surface area contributed by atoms with E-state index in [1.807, 2.05) is 0 Å². The first kappa shape index (κ1) is 9.15. The Kier molecular flexibility index (Phi) is 2.78. The van der Waals surface area contributed by atoms with Crippen molar-refractivity contribution in [3.8, 4) is 0 Å². The summed E-state index contributed by atoms with van der Waals surface area (Å²) in [6.45, 7) is 1.10. The molecule has 68 valence electrons. The molecule has 1 fully saturated rings. The molecule has 0 saturated carbocycles. The van der Waals surface area contributed by atoms with E-state index in [0.29, 0.717) is 6.54 Å². The average Bonchev–Trinajstić information content (AvgIpc) is 2.09. The van der Waals surface area contributed by atoms with E-state index in [2.05, 4.69) is 5.32 Å². The third kappa shape index (κ3) is 2.02. The lowest BCUT2D eigenvalue weighted by molar-refractivity contribution is -0.130. The van der Waals surface area contributed by atoms with Gasteiger partial charge in [0.05, 0.1) is 12.5 Å². The van der Waals surface area contributed by atoms with Crippen molar-refractivity contribution in [2.45, 2.75) is 0 Å². The van der Waals surface area contributed by atoms with E-state index in [0.717, 1.165) is 0 Å². The number of hydrogen-bond donors (Lipinski definition) is 2. The maximum Gasteiger partial charge on any atom is 0.240 e. The molecule has 1 heterocycles. The molecule has 1 unspecified atom stereocenters. The predicted molar refractivity (Wildman–Crippen MR) is 43.2 cm³/mol. The van der Waals surface area contributed by atoms with E-state index in [4.69, 9.17) is 5.73 Å². The zero-order chi connectivity index (χ0) is 9.14. The highest BCUT2D eigenvalue weighted by Crippen LogP contribution is 2.01. The van der Waals surface area contributed by atoms with Crippen LogP contribution in [0.15, 0.2) is 0 Å². The quantitative estimate of drug-likeness (QED) is 0.454. The van der Waals surface area contributed by atoms with Gasteiger partial charge in [0.15, 0.2) is 0 Å². The van der Waals surface area contributed by atoms with Gasteiger partial charge in [-0.3, -0.25) is 19.8 Å². The van der Waals surface area contributed by atoms with E-state index in [1.54, 1.807) is 11.9 Å². The highest BCUT2D eigenvalue weighted by molar-refractivity contribution is 5.98. The van der Waals surface area contributed by atoms with Crippen LogP contribution in [-0.2, 0) is 9.59 Å². The number of nitrogens with two attached hydrogens (primary N) is 1. The number of carbonyl (C=O) groups is 2. The number of likely N-dealkylation sites (N-methyl/N-ethyl adjacent to an activating group) is 1. The van der Waals surface area contributed by atoms with Crippen molar-refractivity contribution in [2.75, 3.05) is 26.7 Å². The number of imide groups is 1. The van der Waals surface area contributed by atoms with Crippen LogP contribution in [0.1, 0.15) is 0 Å². The highest BCUT2D eigenvalue weighted by Gasteiger charge is 2.25. The third-order valence-electron chi connectivity index (χ3n) is 1.86. The molecule has 3 N–H and O–H groups in total. The molecule has 2 amide bonds. The van der Waals surface area contributed by atoms with Gasteiger partial charge in [0.25, 0.3) is 0 Å². The molecule has 0 aromatic rings. The molecular weight excluding hydrogens is 158 g/mol. The summed E-state index contributed by atoms with van der Waals surface area (Å²) < 4.78 is 0. The van der Waals surface area contributed by atoms with Gasteiger partial charge in [-0.1, -0.05) is 0 Å². The van der Waals surface area contributed by atoms with Crippen LogP contribution in [0, 0.1) is 5.92 Å². The Balaban J connectivity index is 2.67. The smallest absolute Gasteiger partial charge is 0.240 e. The lowest BCUT2D eigenvalue weighted by Gasteiger charge is -2.14. The van der Waals surface area contributed by atoms with Gasteiger partial charge in [0.2, 0.25) is 11.8 Å². The number of nitrogens with one attached hydrogen (secondary N) is 1. The molecule has 1 rings (SSSR count). The van der Waals surface area contributed by atoms with Crippen LogP contribution in [0.5, 0.6) is 0 Å². The van der Waals surface area contributed by atoms with Crippen molar-refractivity contribution in [3.05, 3.63) is 0 Å². The summed E-state index contributed by atoms with van der Waals surface area (Å²) in [6, 6.07) is 0. The molecule has 1 saturated heterocycles. The Labute approximate surface area is 70.9 Å². The summed E-state index contributed by atoms with van der Waals surface area (Å²) in [6.07, 6.45) is 0. The van der Waals surface area contributed by atoms with Crippen molar-refractivity contribution in [1.29, 1.82) is 0 Å². The van der Waals surface area contributed by atoms with Crippen molar-refractivity contribution >= 4 is 11.8 Å². The van der Waals surface area contributed by atoms with Gasteiger partial charge in [-0.25, -0.2) is 0 Å². The molecule has 5 heteroatoms. The van der Waals surface area contributed by atoms with E-state index >= 15 is 0 Å². The zero-order valence-electron chi connectivity index (χ0n) is 7.04. The minimum Gasteiger partial charge on any atom is -0.330 e. The standard InChI is InChI=1S/C7H13N3O2/c1-10-3-5(2-8)7(12)9-6(11)4-10/h5H,2-4,8H2,1H3,(H,9,11,12). The topological polar surface area (TPSA) is 75.4 Å². The minimum absolute atomic E-state index is 0.251. The minimum atomic E-state index is -0.263. The molecule has 1 atom stereocenters. The average molecular weight is 171 g/mol. The predicted octanol–water partition coefficient (Wildman–Crippen LogP) is -1.85. The summed E-state index contributed by atoms with van der Waals surface area (Å²) in [5.74, 6) is -0.772. The number of amides is 2. The molecule has 0 bridgehead atoms. The maximum absolute atomic E-state index is 11.2. The molecule has 0 aliphatic carbocycles. The van der Waals surface area contributed by atoms with Gasteiger partial charge in [-0.15, -0.1) is 0 Å². The zero-order valence-corrected chi connectivity index (χ0v) is 7.04. The Morgan fingerprint density at radius 2 is 2.33 bits per heavy atom. The molecule has 5 nitrogen and oxygen atoms in total. The van der Waals surface area contributed by atoms with Crippen molar-refractivity contribution < 1.29 is 9.59 Å². The largest absolute Gasteiger partial charge is 0.330 e. The van der Waals surface area contributed by atoms with Gasteiger partial charge >= 0.3 is 0 Å². The lowest BCUT2D eigenvalue weighted by atomic mass is 10.1. The first-order valence-electron chi connectivity index (χ1n) is 3.85. The Morgan fingerprint density at radius 3 is 2.92 bits per heavy atom. The Bertz CT molecular complexity index is 205. The summed E-state index contributed by atoms with van der Waals surface area (Å²) in [5.41, 5.74) is 5.37. The lowest BCUT2D eigenvalue weighted by Crippen LogP contribution is -2.37.